The number of nitrogens with two attached hydrogens (primary N) is 2. The highest BCUT2D eigenvalue weighted by Gasteiger charge is 2.13. The van der Waals surface area contributed by atoms with Gasteiger partial charge in [-0.05, 0) is 18.6 Å². The molecule has 0 bridgehead atoms. The Morgan fingerprint density at radius 3 is 2.59 bits per heavy atom. The molecule has 1 atom stereocenters. The fourth-order valence-corrected chi connectivity index (χ4v) is 2.29. The first-order valence-corrected chi connectivity index (χ1v) is 7.11. The third-order valence-corrected chi connectivity index (χ3v) is 3.38. The van der Waals surface area contributed by atoms with Crippen LogP contribution in [0.4, 0.5) is 5.69 Å². The number of benzene rings is 1. The van der Waals surface area contributed by atoms with E-state index in [-0.39, 0.29) is 10.9 Å². The molecule has 0 aliphatic carbocycles. The first-order chi connectivity index (χ1) is 7.95. The van der Waals surface area contributed by atoms with E-state index in [0.717, 1.165) is 12.8 Å². The number of rotatable bonds is 6. The van der Waals surface area contributed by atoms with E-state index in [4.69, 9.17) is 10.9 Å². The molecule has 0 amide bonds. The Labute approximate surface area is 102 Å². The van der Waals surface area contributed by atoms with Gasteiger partial charge in [-0.2, -0.15) is 0 Å². The quantitative estimate of drug-likeness (QED) is 0.704. The molecule has 0 aliphatic heterocycles. The number of nitrogens with one attached hydrogen (secondary N) is 1. The molecule has 0 heterocycles. The number of primary sulfonamides is 1. The fraction of sp³-hybridized carbons (Fsp3) is 0.455. The van der Waals surface area contributed by atoms with E-state index in [1.165, 1.54) is 6.07 Å². The van der Waals surface area contributed by atoms with E-state index in [2.05, 4.69) is 12.2 Å². The van der Waals surface area contributed by atoms with Crippen LogP contribution in [0.15, 0.2) is 29.2 Å². The zero-order valence-corrected chi connectivity index (χ0v) is 10.7. The molecule has 0 aliphatic rings. The number of hydrogen-bond acceptors (Lipinski definition) is 4. The smallest absolute Gasteiger partial charge is 0.240 e. The summed E-state index contributed by atoms with van der Waals surface area (Å²) in [6.07, 6.45) is 1.89. The standard InChI is InChI=1S/C11H19N3O2S/c1-2-5-9(12)8-14-10-6-3-4-7-11(10)17(13,15)16/h3-4,6-7,9,14H,2,5,8,12H2,1H3,(H2,13,15,16). The lowest BCUT2D eigenvalue weighted by atomic mass is 10.2. The zero-order chi connectivity index (χ0) is 12.9. The van der Waals surface area contributed by atoms with Gasteiger partial charge in [0.05, 0.1) is 5.69 Å². The van der Waals surface area contributed by atoms with Crippen molar-refractivity contribution in [2.45, 2.75) is 30.7 Å². The van der Waals surface area contributed by atoms with Gasteiger partial charge < -0.3 is 11.1 Å². The zero-order valence-electron chi connectivity index (χ0n) is 9.89. The largest absolute Gasteiger partial charge is 0.382 e. The Morgan fingerprint density at radius 1 is 1.35 bits per heavy atom. The van der Waals surface area contributed by atoms with Gasteiger partial charge in [0.15, 0.2) is 0 Å². The Kier molecular flexibility index (Phi) is 4.92. The normalized spacial score (nSPS) is 13.4. The monoisotopic (exact) mass is 257 g/mol. The summed E-state index contributed by atoms with van der Waals surface area (Å²) >= 11 is 0. The lowest BCUT2D eigenvalue weighted by Crippen LogP contribution is -2.29. The van der Waals surface area contributed by atoms with Gasteiger partial charge in [0, 0.05) is 12.6 Å². The Bertz CT molecular complexity index is 460. The average Bonchev–Trinajstić information content (AvgIpc) is 2.26. The van der Waals surface area contributed by atoms with Crippen molar-refractivity contribution in [3.8, 4) is 0 Å². The lowest BCUT2D eigenvalue weighted by molar-refractivity contribution is 0.597. The molecular formula is C11H19N3O2S. The summed E-state index contributed by atoms with van der Waals surface area (Å²) in [6.45, 7) is 2.58. The van der Waals surface area contributed by atoms with Gasteiger partial charge >= 0.3 is 0 Å². The second-order valence-electron chi connectivity index (χ2n) is 3.97. The summed E-state index contributed by atoms with van der Waals surface area (Å²) in [5, 5.41) is 8.14. The van der Waals surface area contributed by atoms with Crippen molar-refractivity contribution in [2.75, 3.05) is 11.9 Å². The second-order valence-corrected chi connectivity index (χ2v) is 5.50. The molecule has 0 saturated carbocycles. The van der Waals surface area contributed by atoms with E-state index >= 15 is 0 Å². The van der Waals surface area contributed by atoms with Crippen LogP contribution in [0.2, 0.25) is 0 Å². The molecule has 1 unspecified atom stereocenters. The van der Waals surface area contributed by atoms with E-state index in [9.17, 15) is 8.42 Å². The summed E-state index contributed by atoms with van der Waals surface area (Å²) in [4.78, 5) is 0.101. The summed E-state index contributed by atoms with van der Waals surface area (Å²) in [5.74, 6) is 0. The predicted molar refractivity (Wildman–Crippen MR) is 69.2 cm³/mol. The molecule has 5 N–H and O–H groups in total. The number of sulfonamides is 1. The molecule has 1 aromatic carbocycles. The van der Waals surface area contributed by atoms with Crippen molar-refractivity contribution in [3.05, 3.63) is 24.3 Å². The van der Waals surface area contributed by atoms with Gasteiger partial charge in [-0.3, -0.25) is 0 Å². The second kappa shape index (κ2) is 6.00. The average molecular weight is 257 g/mol. The Hall–Kier alpha value is -1.11. The van der Waals surface area contributed by atoms with Gasteiger partial charge in [0.25, 0.3) is 0 Å². The third kappa shape index (κ3) is 4.33. The van der Waals surface area contributed by atoms with Crippen molar-refractivity contribution in [1.82, 2.24) is 0 Å². The Morgan fingerprint density at radius 2 is 2.00 bits per heavy atom. The minimum absolute atomic E-state index is 0.00790. The molecule has 0 spiro atoms. The SMILES string of the molecule is CCCC(N)CNc1ccccc1S(N)(=O)=O. The molecule has 96 valence electrons. The number of para-hydroxylation sites is 1. The molecule has 6 heteroatoms. The lowest BCUT2D eigenvalue weighted by Gasteiger charge is -2.14. The highest BCUT2D eigenvalue weighted by molar-refractivity contribution is 7.89. The highest BCUT2D eigenvalue weighted by atomic mass is 32.2. The predicted octanol–water partition coefficient (Wildman–Crippen LogP) is 0.873. The van der Waals surface area contributed by atoms with Crippen LogP contribution in [-0.4, -0.2) is 21.0 Å². The number of hydrogen-bond donors (Lipinski definition) is 3. The number of anilines is 1. The van der Waals surface area contributed by atoms with Gasteiger partial charge in [-0.25, -0.2) is 13.6 Å². The van der Waals surface area contributed by atoms with Crippen LogP contribution in [0.5, 0.6) is 0 Å². The summed E-state index contributed by atoms with van der Waals surface area (Å²) < 4.78 is 22.7. The first kappa shape index (κ1) is 14.0. The van der Waals surface area contributed by atoms with E-state index < -0.39 is 10.0 Å². The van der Waals surface area contributed by atoms with Crippen molar-refractivity contribution in [2.24, 2.45) is 10.9 Å². The van der Waals surface area contributed by atoms with Gasteiger partial charge in [0.1, 0.15) is 4.90 Å². The van der Waals surface area contributed by atoms with Crippen LogP contribution in [0.3, 0.4) is 0 Å². The van der Waals surface area contributed by atoms with Gasteiger partial charge in [-0.15, -0.1) is 0 Å². The summed E-state index contributed by atoms with van der Waals surface area (Å²) in [5.41, 5.74) is 6.35. The van der Waals surface area contributed by atoms with Crippen LogP contribution in [0.1, 0.15) is 19.8 Å². The molecule has 1 rings (SSSR count). The van der Waals surface area contributed by atoms with Crippen LogP contribution in [0, 0.1) is 0 Å². The molecule has 1 aromatic rings. The Balaban J connectivity index is 2.78. The minimum Gasteiger partial charge on any atom is -0.382 e. The molecule has 17 heavy (non-hydrogen) atoms. The maximum atomic E-state index is 11.3. The molecule has 5 nitrogen and oxygen atoms in total. The van der Waals surface area contributed by atoms with E-state index in [1.807, 2.05) is 0 Å². The summed E-state index contributed by atoms with van der Waals surface area (Å²) in [6, 6.07) is 6.55. The van der Waals surface area contributed by atoms with Gasteiger partial charge in [0.2, 0.25) is 10.0 Å². The first-order valence-electron chi connectivity index (χ1n) is 5.56. The molecule has 0 aromatic heterocycles. The molecule has 0 radical (unpaired) electrons. The van der Waals surface area contributed by atoms with E-state index in [0.29, 0.717) is 12.2 Å². The summed E-state index contributed by atoms with van der Waals surface area (Å²) in [7, 11) is -3.70. The van der Waals surface area contributed by atoms with E-state index in [1.54, 1.807) is 18.2 Å². The van der Waals surface area contributed by atoms with Crippen LogP contribution < -0.4 is 16.2 Å². The minimum atomic E-state index is -3.70. The maximum absolute atomic E-state index is 11.3. The van der Waals surface area contributed by atoms with Crippen LogP contribution >= 0.6 is 0 Å². The fourth-order valence-electron chi connectivity index (χ4n) is 1.57. The molecule has 0 fully saturated rings. The van der Waals surface area contributed by atoms with Gasteiger partial charge in [-0.1, -0.05) is 25.5 Å². The van der Waals surface area contributed by atoms with Crippen LogP contribution in [-0.2, 0) is 10.0 Å². The van der Waals surface area contributed by atoms with Crippen molar-refractivity contribution in [1.29, 1.82) is 0 Å². The topological polar surface area (TPSA) is 98.2 Å². The van der Waals surface area contributed by atoms with Crippen molar-refractivity contribution in [3.63, 3.8) is 0 Å². The van der Waals surface area contributed by atoms with Crippen LogP contribution in [0.25, 0.3) is 0 Å². The maximum Gasteiger partial charge on any atom is 0.240 e. The molecule has 0 saturated heterocycles. The van der Waals surface area contributed by atoms with Crippen molar-refractivity contribution < 1.29 is 8.42 Å². The molecular weight excluding hydrogens is 238 g/mol. The van der Waals surface area contributed by atoms with Crippen molar-refractivity contribution >= 4 is 15.7 Å². The third-order valence-electron chi connectivity index (χ3n) is 2.41. The highest BCUT2D eigenvalue weighted by Crippen LogP contribution is 2.19.